The van der Waals surface area contributed by atoms with Crippen LogP contribution in [0.25, 0.3) is 11.3 Å². The molecule has 2 aromatic heterocycles. The Morgan fingerprint density at radius 1 is 1.17 bits per heavy atom. The first-order chi connectivity index (χ1) is 11.3. The summed E-state index contributed by atoms with van der Waals surface area (Å²) in [5, 5.41) is 0.794. The predicted molar refractivity (Wildman–Crippen MR) is 93.0 cm³/mol. The van der Waals surface area contributed by atoms with Crippen molar-refractivity contribution >= 4 is 22.7 Å². The van der Waals surface area contributed by atoms with Crippen molar-refractivity contribution in [1.29, 1.82) is 0 Å². The Hall–Kier alpha value is -2.53. The highest BCUT2D eigenvalue weighted by Crippen LogP contribution is 2.40. The molecule has 4 rings (SSSR count). The third kappa shape index (κ3) is 2.75. The number of nitrogens with zero attached hydrogens (tertiary/aromatic N) is 3. The molecule has 1 aromatic carbocycles. The molecule has 2 heterocycles. The second-order valence-corrected chi connectivity index (χ2v) is 6.39. The Balaban J connectivity index is 1.70. The van der Waals surface area contributed by atoms with E-state index in [1.54, 1.807) is 30.8 Å². The summed E-state index contributed by atoms with van der Waals surface area (Å²) in [5.41, 5.74) is 4.58. The van der Waals surface area contributed by atoms with Crippen molar-refractivity contribution in [3.63, 3.8) is 0 Å². The molecule has 0 N–H and O–H groups in total. The SMILES string of the molecule is COc1ccc2c(c1)-c1nc(N=Cc3ccncc3)sc1CC2. The first kappa shape index (κ1) is 14.1. The lowest BCUT2D eigenvalue weighted by molar-refractivity contribution is 0.415. The first-order valence-electron chi connectivity index (χ1n) is 7.44. The summed E-state index contributed by atoms with van der Waals surface area (Å²) in [6.45, 7) is 0. The van der Waals surface area contributed by atoms with Crippen LogP contribution in [0.1, 0.15) is 16.0 Å². The van der Waals surface area contributed by atoms with Crippen LogP contribution in [-0.2, 0) is 12.8 Å². The van der Waals surface area contributed by atoms with Crippen LogP contribution in [0.4, 0.5) is 5.13 Å². The number of ether oxygens (including phenoxy) is 1. The van der Waals surface area contributed by atoms with E-state index >= 15 is 0 Å². The number of thiazole rings is 1. The molecule has 0 atom stereocenters. The standard InChI is InChI=1S/C18H15N3OS/c1-22-14-4-2-13-3-5-16-17(15(13)10-14)21-18(23-16)20-11-12-6-8-19-9-7-12/h2,4,6-11H,3,5H2,1H3. The summed E-state index contributed by atoms with van der Waals surface area (Å²) >= 11 is 1.67. The fourth-order valence-electron chi connectivity index (χ4n) is 2.72. The summed E-state index contributed by atoms with van der Waals surface area (Å²) < 4.78 is 5.35. The van der Waals surface area contributed by atoms with Gasteiger partial charge in [0, 0.05) is 29.0 Å². The number of aliphatic imine (C=N–C) groups is 1. The van der Waals surface area contributed by atoms with Gasteiger partial charge in [-0.1, -0.05) is 17.4 Å². The van der Waals surface area contributed by atoms with E-state index in [9.17, 15) is 0 Å². The van der Waals surface area contributed by atoms with Crippen molar-refractivity contribution in [2.75, 3.05) is 7.11 Å². The van der Waals surface area contributed by atoms with E-state index in [-0.39, 0.29) is 0 Å². The van der Waals surface area contributed by atoms with Crippen LogP contribution < -0.4 is 4.74 Å². The summed E-state index contributed by atoms with van der Waals surface area (Å²) in [4.78, 5) is 14.6. The summed E-state index contributed by atoms with van der Waals surface area (Å²) in [7, 11) is 1.69. The number of fused-ring (bicyclic) bond motifs is 3. The number of aryl methyl sites for hydroxylation is 2. The minimum atomic E-state index is 0.794. The van der Waals surface area contributed by atoms with Crippen molar-refractivity contribution < 1.29 is 4.74 Å². The van der Waals surface area contributed by atoms with Crippen LogP contribution in [0.3, 0.4) is 0 Å². The van der Waals surface area contributed by atoms with Gasteiger partial charge in [0.05, 0.1) is 12.8 Å². The summed E-state index contributed by atoms with van der Waals surface area (Å²) in [6, 6.07) is 10.1. The Labute approximate surface area is 138 Å². The average molecular weight is 321 g/mol. The van der Waals surface area contributed by atoms with Crippen molar-refractivity contribution in [3.05, 3.63) is 58.7 Å². The molecule has 23 heavy (non-hydrogen) atoms. The molecule has 0 fully saturated rings. The lowest BCUT2D eigenvalue weighted by atomic mass is 9.93. The maximum absolute atomic E-state index is 5.35. The van der Waals surface area contributed by atoms with E-state index in [1.165, 1.54) is 16.0 Å². The van der Waals surface area contributed by atoms with Crippen LogP contribution in [0.2, 0.25) is 0 Å². The topological polar surface area (TPSA) is 47.4 Å². The number of rotatable bonds is 3. The Bertz CT molecular complexity index is 871. The highest BCUT2D eigenvalue weighted by Gasteiger charge is 2.21. The number of hydrogen-bond acceptors (Lipinski definition) is 5. The zero-order chi connectivity index (χ0) is 15.6. The largest absolute Gasteiger partial charge is 0.497 e. The number of methoxy groups -OCH3 is 1. The zero-order valence-corrected chi connectivity index (χ0v) is 13.5. The van der Waals surface area contributed by atoms with Crippen molar-refractivity contribution in [2.45, 2.75) is 12.8 Å². The van der Waals surface area contributed by atoms with Gasteiger partial charge in [0.25, 0.3) is 0 Å². The Morgan fingerprint density at radius 2 is 2.04 bits per heavy atom. The highest BCUT2D eigenvalue weighted by atomic mass is 32.1. The van der Waals surface area contributed by atoms with Gasteiger partial charge < -0.3 is 4.74 Å². The van der Waals surface area contributed by atoms with Crippen LogP contribution in [0, 0.1) is 0 Å². The zero-order valence-electron chi connectivity index (χ0n) is 12.7. The molecule has 0 radical (unpaired) electrons. The van der Waals surface area contributed by atoms with Crippen LogP contribution >= 0.6 is 11.3 Å². The van der Waals surface area contributed by atoms with Gasteiger partial charge in [0.2, 0.25) is 5.13 Å². The van der Waals surface area contributed by atoms with Crippen molar-refractivity contribution in [3.8, 4) is 17.0 Å². The van der Waals surface area contributed by atoms with E-state index in [4.69, 9.17) is 9.72 Å². The van der Waals surface area contributed by atoms with E-state index < -0.39 is 0 Å². The van der Waals surface area contributed by atoms with Gasteiger partial charge in [-0.2, -0.15) is 0 Å². The number of hydrogen-bond donors (Lipinski definition) is 0. The lowest BCUT2D eigenvalue weighted by Crippen LogP contribution is -2.02. The second-order valence-electron chi connectivity index (χ2n) is 5.33. The van der Waals surface area contributed by atoms with E-state index in [2.05, 4.69) is 22.1 Å². The van der Waals surface area contributed by atoms with E-state index in [0.29, 0.717) is 0 Å². The minimum Gasteiger partial charge on any atom is -0.497 e. The fourth-order valence-corrected chi connectivity index (χ4v) is 3.64. The molecule has 0 amide bonds. The van der Waals surface area contributed by atoms with Gasteiger partial charge >= 0.3 is 0 Å². The number of benzene rings is 1. The summed E-state index contributed by atoms with van der Waals surface area (Å²) in [6.07, 6.45) is 7.42. The fraction of sp³-hybridized carbons (Fsp3) is 0.167. The van der Waals surface area contributed by atoms with Crippen LogP contribution in [0.15, 0.2) is 47.7 Å². The molecular formula is C18H15N3OS. The van der Waals surface area contributed by atoms with Gasteiger partial charge in [0.1, 0.15) is 5.75 Å². The molecule has 1 aliphatic rings. The molecule has 0 unspecified atom stereocenters. The van der Waals surface area contributed by atoms with E-state index in [0.717, 1.165) is 35.0 Å². The maximum atomic E-state index is 5.35. The van der Waals surface area contributed by atoms with Gasteiger partial charge in [0.15, 0.2) is 0 Å². The summed E-state index contributed by atoms with van der Waals surface area (Å²) in [5.74, 6) is 0.867. The molecule has 0 spiro atoms. The molecule has 114 valence electrons. The van der Waals surface area contributed by atoms with Crippen LogP contribution in [0.5, 0.6) is 5.75 Å². The third-order valence-corrected chi connectivity index (χ3v) is 4.93. The number of pyridine rings is 1. The smallest absolute Gasteiger partial charge is 0.209 e. The maximum Gasteiger partial charge on any atom is 0.209 e. The third-order valence-electron chi connectivity index (χ3n) is 3.91. The number of aromatic nitrogens is 2. The Morgan fingerprint density at radius 3 is 2.87 bits per heavy atom. The molecule has 5 heteroatoms. The molecule has 3 aromatic rings. The molecule has 0 saturated carbocycles. The Kier molecular flexibility index (Phi) is 3.63. The molecule has 1 aliphatic carbocycles. The van der Waals surface area contributed by atoms with Gasteiger partial charge in [-0.25, -0.2) is 9.98 Å². The van der Waals surface area contributed by atoms with E-state index in [1.807, 2.05) is 24.4 Å². The molecule has 0 aliphatic heterocycles. The van der Waals surface area contributed by atoms with Crippen molar-refractivity contribution in [1.82, 2.24) is 9.97 Å². The van der Waals surface area contributed by atoms with Crippen molar-refractivity contribution in [2.24, 2.45) is 4.99 Å². The monoisotopic (exact) mass is 321 g/mol. The highest BCUT2D eigenvalue weighted by molar-refractivity contribution is 7.15. The molecule has 0 saturated heterocycles. The quantitative estimate of drug-likeness (QED) is 0.683. The normalized spacial score (nSPS) is 12.9. The van der Waals surface area contributed by atoms with Gasteiger partial charge in [-0.15, -0.1) is 0 Å². The molecule has 4 nitrogen and oxygen atoms in total. The predicted octanol–water partition coefficient (Wildman–Crippen LogP) is 4.06. The second kappa shape index (κ2) is 5.93. The first-order valence-corrected chi connectivity index (χ1v) is 8.26. The van der Waals surface area contributed by atoms with Gasteiger partial charge in [-0.05, 0) is 48.2 Å². The van der Waals surface area contributed by atoms with Crippen LogP contribution in [-0.4, -0.2) is 23.3 Å². The minimum absolute atomic E-state index is 0.794. The molecule has 0 bridgehead atoms. The lowest BCUT2D eigenvalue weighted by Gasteiger charge is -2.15. The average Bonchev–Trinajstić information content (AvgIpc) is 3.04. The van der Waals surface area contributed by atoms with Gasteiger partial charge in [-0.3, -0.25) is 4.98 Å². The molecular weight excluding hydrogens is 306 g/mol.